The highest BCUT2D eigenvalue weighted by atomic mass is 16.5. The number of amides is 1. The Morgan fingerprint density at radius 3 is 2.79 bits per heavy atom. The van der Waals surface area contributed by atoms with Crippen LogP contribution in [0.4, 0.5) is 5.69 Å². The smallest absolute Gasteiger partial charge is 0.307 e. The Hall–Kier alpha value is -2.21. The molecule has 0 saturated carbocycles. The number of carbonyl (C=O) groups excluding carboxylic acids is 3. The van der Waals surface area contributed by atoms with Crippen molar-refractivity contribution in [2.45, 2.75) is 38.6 Å². The molecule has 0 spiro atoms. The maximum atomic E-state index is 12.3. The van der Waals surface area contributed by atoms with Crippen LogP contribution < -0.4 is 5.32 Å². The molecule has 0 aliphatic carbocycles. The zero-order valence-electron chi connectivity index (χ0n) is 14.2. The number of nitrogens with zero attached hydrogens (tertiary/aromatic N) is 1. The van der Waals surface area contributed by atoms with E-state index in [9.17, 15) is 14.4 Å². The Morgan fingerprint density at radius 2 is 2.08 bits per heavy atom. The minimum Gasteiger partial charge on any atom is -0.469 e. The number of ketones is 1. The second-order valence-electron chi connectivity index (χ2n) is 6.09. The van der Waals surface area contributed by atoms with E-state index in [0.717, 1.165) is 25.8 Å². The van der Waals surface area contributed by atoms with Gasteiger partial charge in [-0.05, 0) is 38.4 Å². The molecule has 1 atom stereocenters. The van der Waals surface area contributed by atoms with E-state index in [0.29, 0.717) is 17.7 Å². The normalized spacial score (nSPS) is 18.0. The van der Waals surface area contributed by atoms with Crippen molar-refractivity contribution in [2.24, 2.45) is 0 Å². The number of methoxy groups -OCH3 is 1. The summed E-state index contributed by atoms with van der Waals surface area (Å²) in [6, 6.07) is 6.93. The average Bonchev–Trinajstić information content (AvgIpc) is 2.56. The van der Waals surface area contributed by atoms with Gasteiger partial charge in [-0.3, -0.25) is 19.3 Å². The molecule has 1 aromatic rings. The quantitative estimate of drug-likeness (QED) is 0.639. The van der Waals surface area contributed by atoms with E-state index >= 15 is 0 Å². The molecule has 1 unspecified atom stereocenters. The van der Waals surface area contributed by atoms with Crippen molar-refractivity contribution < 1.29 is 19.1 Å². The van der Waals surface area contributed by atoms with Crippen molar-refractivity contribution in [3.8, 4) is 0 Å². The fraction of sp³-hybridized carbons (Fsp3) is 0.500. The molecule has 1 heterocycles. The Bertz CT molecular complexity index is 615. The van der Waals surface area contributed by atoms with Crippen LogP contribution in [0.25, 0.3) is 0 Å². The topological polar surface area (TPSA) is 75.7 Å². The minimum absolute atomic E-state index is 0.0414. The van der Waals surface area contributed by atoms with Gasteiger partial charge in [0.15, 0.2) is 5.78 Å². The number of Topliss-reactive ketones (excluding diaryl/α,β-unsaturated/α-hetero) is 1. The third-order valence-electron chi connectivity index (χ3n) is 4.28. The number of benzene rings is 1. The molecule has 130 valence electrons. The molecule has 1 N–H and O–H groups in total. The van der Waals surface area contributed by atoms with E-state index in [-0.39, 0.29) is 30.2 Å². The Balaban J connectivity index is 1.95. The molecule has 6 nitrogen and oxygen atoms in total. The zero-order chi connectivity index (χ0) is 17.5. The van der Waals surface area contributed by atoms with Crippen LogP contribution in [0.15, 0.2) is 24.3 Å². The van der Waals surface area contributed by atoms with E-state index < -0.39 is 0 Å². The van der Waals surface area contributed by atoms with Crippen LogP contribution >= 0.6 is 0 Å². The number of carbonyl (C=O) groups is 3. The lowest BCUT2D eigenvalue weighted by Crippen LogP contribution is -2.45. The van der Waals surface area contributed by atoms with Crippen LogP contribution in [0.5, 0.6) is 0 Å². The van der Waals surface area contributed by atoms with Crippen LogP contribution in [-0.2, 0) is 14.3 Å². The average molecular weight is 332 g/mol. The number of hydrogen-bond donors (Lipinski definition) is 1. The van der Waals surface area contributed by atoms with Gasteiger partial charge in [-0.1, -0.05) is 18.6 Å². The SMILES string of the molecule is COC(=O)CC1CCCCN1CC(=O)Nc1cccc(C(C)=O)c1. The lowest BCUT2D eigenvalue weighted by atomic mass is 9.99. The summed E-state index contributed by atoms with van der Waals surface area (Å²) in [5, 5.41) is 2.82. The van der Waals surface area contributed by atoms with Crippen molar-refractivity contribution in [1.29, 1.82) is 0 Å². The largest absolute Gasteiger partial charge is 0.469 e. The van der Waals surface area contributed by atoms with Gasteiger partial charge in [0.2, 0.25) is 5.91 Å². The zero-order valence-corrected chi connectivity index (χ0v) is 14.2. The maximum Gasteiger partial charge on any atom is 0.307 e. The summed E-state index contributed by atoms with van der Waals surface area (Å²) in [6.45, 7) is 2.51. The molecule has 1 saturated heterocycles. The summed E-state index contributed by atoms with van der Waals surface area (Å²) in [6.07, 6.45) is 3.27. The van der Waals surface area contributed by atoms with E-state index in [4.69, 9.17) is 4.74 Å². The number of ether oxygens (including phenoxy) is 1. The van der Waals surface area contributed by atoms with Crippen molar-refractivity contribution in [1.82, 2.24) is 4.90 Å². The third-order valence-corrected chi connectivity index (χ3v) is 4.28. The first-order valence-electron chi connectivity index (χ1n) is 8.21. The highest BCUT2D eigenvalue weighted by Gasteiger charge is 2.26. The first-order chi connectivity index (χ1) is 11.5. The van der Waals surface area contributed by atoms with Gasteiger partial charge in [-0.25, -0.2) is 0 Å². The van der Waals surface area contributed by atoms with E-state index in [1.165, 1.54) is 14.0 Å². The lowest BCUT2D eigenvalue weighted by molar-refractivity contribution is -0.142. The standard InChI is InChI=1S/C18H24N2O4/c1-13(21)14-6-5-7-15(10-14)19-17(22)12-20-9-4-3-8-16(20)11-18(23)24-2/h5-7,10,16H,3-4,8-9,11-12H2,1-2H3,(H,19,22). The molecule has 6 heteroatoms. The van der Waals surface area contributed by atoms with Gasteiger partial charge in [0.1, 0.15) is 0 Å². The number of piperidine rings is 1. The Kier molecular flexibility index (Phi) is 6.49. The minimum atomic E-state index is -0.249. The number of anilines is 1. The van der Waals surface area contributed by atoms with Crippen molar-refractivity contribution in [3.63, 3.8) is 0 Å². The number of likely N-dealkylation sites (tertiary alicyclic amines) is 1. The van der Waals surface area contributed by atoms with Gasteiger partial charge in [0.05, 0.1) is 20.1 Å². The molecule has 1 aliphatic heterocycles. The first kappa shape index (κ1) is 18.1. The summed E-state index contributed by atoms with van der Waals surface area (Å²) in [4.78, 5) is 37.3. The Morgan fingerprint density at radius 1 is 1.29 bits per heavy atom. The summed E-state index contributed by atoms with van der Waals surface area (Å²) in [5.74, 6) is -0.436. The van der Waals surface area contributed by atoms with Crippen molar-refractivity contribution >= 4 is 23.3 Å². The van der Waals surface area contributed by atoms with E-state index in [2.05, 4.69) is 5.32 Å². The van der Waals surface area contributed by atoms with Crippen LogP contribution in [0.1, 0.15) is 43.0 Å². The molecule has 24 heavy (non-hydrogen) atoms. The maximum absolute atomic E-state index is 12.3. The molecular formula is C18H24N2O4. The van der Waals surface area contributed by atoms with E-state index in [1.807, 2.05) is 4.90 Å². The van der Waals surface area contributed by atoms with Gasteiger partial charge in [-0.15, -0.1) is 0 Å². The predicted molar refractivity (Wildman–Crippen MR) is 90.9 cm³/mol. The molecular weight excluding hydrogens is 308 g/mol. The molecule has 1 fully saturated rings. The lowest BCUT2D eigenvalue weighted by Gasteiger charge is -2.34. The molecule has 0 aromatic heterocycles. The summed E-state index contributed by atoms with van der Waals surface area (Å²) in [7, 11) is 1.38. The van der Waals surface area contributed by atoms with Crippen LogP contribution in [0, 0.1) is 0 Å². The summed E-state index contributed by atoms with van der Waals surface area (Å²) < 4.78 is 4.74. The second kappa shape index (κ2) is 8.59. The second-order valence-corrected chi connectivity index (χ2v) is 6.09. The van der Waals surface area contributed by atoms with Crippen LogP contribution in [-0.4, -0.2) is 48.8 Å². The number of nitrogens with one attached hydrogen (secondary N) is 1. The molecule has 1 aromatic carbocycles. The van der Waals surface area contributed by atoms with E-state index in [1.54, 1.807) is 24.3 Å². The number of esters is 1. The van der Waals surface area contributed by atoms with Gasteiger partial charge >= 0.3 is 5.97 Å². The molecule has 1 aliphatic rings. The van der Waals surface area contributed by atoms with Crippen LogP contribution in [0.2, 0.25) is 0 Å². The third kappa shape index (κ3) is 5.16. The first-order valence-corrected chi connectivity index (χ1v) is 8.21. The monoisotopic (exact) mass is 332 g/mol. The molecule has 2 rings (SSSR count). The fourth-order valence-corrected chi connectivity index (χ4v) is 2.98. The summed E-state index contributed by atoms with van der Waals surface area (Å²) >= 11 is 0. The Labute approximate surface area is 142 Å². The fourth-order valence-electron chi connectivity index (χ4n) is 2.98. The summed E-state index contributed by atoms with van der Waals surface area (Å²) in [5.41, 5.74) is 1.17. The molecule has 0 radical (unpaired) electrons. The van der Waals surface area contributed by atoms with Gasteiger partial charge < -0.3 is 10.1 Å². The highest BCUT2D eigenvalue weighted by Crippen LogP contribution is 2.20. The number of hydrogen-bond acceptors (Lipinski definition) is 5. The molecule has 1 amide bonds. The van der Waals surface area contributed by atoms with Gasteiger partial charge in [0, 0.05) is 17.3 Å². The van der Waals surface area contributed by atoms with Crippen LogP contribution in [0.3, 0.4) is 0 Å². The van der Waals surface area contributed by atoms with Gasteiger partial charge in [-0.2, -0.15) is 0 Å². The van der Waals surface area contributed by atoms with Crippen molar-refractivity contribution in [3.05, 3.63) is 29.8 Å². The molecule has 0 bridgehead atoms. The predicted octanol–water partition coefficient (Wildman–Crippen LogP) is 2.25. The van der Waals surface area contributed by atoms with Gasteiger partial charge in [0.25, 0.3) is 0 Å². The number of rotatable bonds is 6. The van der Waals surface area contributed by atoms with Crippen molar-refractivity contribution in [2.75, 3.05) is 25.5 Å². The highest BCUT2D eigenvalue weighted by molar-refractivity contribution is 5.97.